The topological polar surface area (TPSA) is 40.9 Å². The molecule has 0 atom stereocenters. The van der Waals surface area contributed by atoms with E-state index in [1.165, 1.54) is 5.56 Å². The molecule has 0 aliphatic rings. The van der Waals surface area contributed by atoms with Crippen LogP contribution in [-0.2, 0) is 0 Å². The highest BCUT2D eigenvalue weighted by atomic mass is 32.2. The molecule has 0 N–H and O–H groups in total. The van der Waals surface area contributed by atoms with E-state index in [1.54, 1.807) is 23.9 Å². The van der Waals surface area contributed by atoms with E-state index in [9.17, 15) is 4.79 Å². The minimum Gasteiger partial charge on any atom is -0.298 e. The lowest BCUT2D eigenvalue weighted by atomic mass is 10.1. The zero-order valence-electron chi connectivity index (χ0n) is 9.88. The molecule has 0 saturated carbocycles. The summed E-state index contributed by atoms with van der Waals surface area (Å²) in [6, 6.07) is 15.3. The predicted octanol–water partition coefficient (Wildman–Crippen LogP) is 3.83. The number of aldehydes is 1. The molecule has 0 amide bonds. The van der Waals surface area contributed by atoms with Crippen LogP contribution in [0.25, 0.3) is 0 Å². The number of nitrogens with zero attached hydrogens (tertiary/aromatic N) is 1. The monoisotopic (exact) mass is 253 g/mol. The van der Waals surface area contributed by atoms with E-state index >= 15 is 0 Å². The van der Waals surface area contributed by atoms with Gasteiger partial charge < -0.3 is 0 Å². The Labute approximate surface area is 110 Å². The molecule has 0 aliphatic carbocycles. The fraction of sp³-hybridized carbons (Fsp3) is 0.0667. The fourth-order valence-electron chi connectivity index (χ4n) is 1.59. The summed E-state index contributed by atoms with van der Waals surface area (Å²) in [6.45, 7) is 2.04. The van der Waals surface area contributed by atoms with Crippen LogP contribution in [0.5, 0.6) is 0 Å². The van der Waals surface area contributed by atoms with Crippen LogP contribution in [0.15, 0.2) is 52.3 Å². The van der Waals surface area contributed by atoms with Crippen molar-refractivity contribution in [2.45, 2.75) is 16.7 Å². The molecule has 0 aromatic heterocycles. The number of hydrogen-bond donors (Lipinski definition) is 0. The molecule has 0 spiro atoms. The van der Waals surface area contributed by atoms with Crippen LogP contribution in [0.3, 0.4) is 0 Å². The number of hydrogen-bond acceptors (Lipinski definition) is 3. The minimum absolute atomic E-state index is 0.528. The van der Waals surface area contributed by atoms with E-state index in [4.69, 9.17) is 5.26 Å². The predicted molar refractivity (Wildman–Crippen MR) is 71.8 cm³/mol. The summed E-state index contributed by atoms with van der Waals surface area (Å²) in [6.07, 6.45) is 0.753. The Balaban J connectivity index is 2.38. The fourth-order valence-corrected chi connectivity index (χ4v) is 2.55. The zero-order valence-corrected chi connectivity index (χ0v) is 10.7. The van der Waals surface area contributed by atoms with Crippen LogP contribution in [0, 0.1) is 18.3 Å². The molecular weight excluding hydrogens is 242 g/mol. The van der Waals surface area contributed by atoms with Crippen molar-refractivity contribution in [1.82, 2.24) is 0 Å². The highest BCUT2D eigenvalue weighted by Crippen LogP contribution is 2.32. The average Bonchev–Trinajstić information content (AvgIpc) is 2.41. The van der Waals surface area contributed by atoms with Gasteiger partial charge in [-0.1, -0.05) is 36.0 Å². The van der Waals surface area contributed by atoms with Crippen molar-refractivity contribution in [2.75, 3.05) is 0 Å². The number of carbonyl (C=O) groups is 1. The number of rotatable bonds is 3. The Morgan fingerprint density at radius 2 is 1.94 bits per heavy atom. The van der Waals surface area contributed by atoms with E-state index in [-0.39, 0.29) is 0 Å². The molecule has 18 heavy (non-hydrogen) atoms. The summed E-state index contributed by atoms with van der Waals surface area (Å²) in [4.78, 5) is 12.7. The lowest BCUT2D eigenvalue weighted by molar-refractivity contribution is 0.112. The van der Waals surface area contributed by atoms with Gasteiger partial charge in [0.05, 0.1) is 5.56 Å². The van der Waals surface area contributed by atoms with Crippen LogP contribution in [0.1, 0.15) is 21.5 Å². The van der Waals surface area contributed by atoms with Gasteiger partial charge in [0.2, 0.25) is 0 Å². The van der Waals surface area contributed by atoms with Gasteiger partial charge in [0.25, 0.3) is 0 Å². The maximum atomic E-state index is 10.7. The summed E-state index contributed by atoms with van der Waals surface area (Å²) in [5, 5.41) is 9.11. The van der Waals surface area contributed by atoms with Crippen molar-refractivity contribution in [3.63, 3.8) is 0 Å². The molecule has 0 unspecified atom stereocenters. The second-order valence-corrected chi connectivity index (χ2v) is 4.94. The minimum atomic E-state index is 0.528. The molecule has 0 heterocycles. The van der Waals surface area contributed by atoms with E-state index in [0.717, 1.165) is 16.1 Å². The maximum Gasteiger partial charge on any atom is 0.150 e. The Morgan fingerprint density at radius 3 is 2.61 bits per heavy atom. The van der Waals surface area contributed by atoms with Gasteiger partial charge in [0, 0.05) is 15.4 Å². The molecule has 0 radical (unpaired) electrons. The standard InChI is InChI=1S/C15H11NOS/c1-11-4-2-3-5-14(11)18-15-7-6-12(10-17)8-13(15)9-16/h2-8,10H,1H3. The first-order chi connectivity index (χ1) is 8.74. The average molecular weight is 253 g/mol. The van der Waals surface area contributed by atoms with Crippen molar-refractivity contribution in [3.05, 3.63) is 59.2 Å². The third-order valence-corrected chi connectivity index (χ3v) is 3.83. The van der Waals surface area contributed by atoms with Crippen LogP contribution in [-0.4, -0.2) is 6.29 Å². The molecule has 2 aromatic rings. The van der Waals surface area contributed by atoms with E-state index in [2.05, 4.69) is 6.07 Å². The van der Waals surface area contributed by atoms with Crippen LogP contribution < -0.4 is 0 Å². The number of carbonyl (C=O) groups excluding carboxylic acids is 1. The van der Waals surface area contributed by atoms with Gasteiger partial charge in [-0.2, -0.15) is 5.26 Å². The highest BCUT2D eigenvalue weighted by molar-refractivity contribution is 7.99. The molecule has 0 bridgehead atoms. The van der Waals surface area contributed by atoms with Crippen molar-refractivity contribution >= 4 is 18.0 Å². The van der Waals surface area contributed by atoms with Crippen LogP contribution >= 0.6 is 11.8 Å². The van der Waals surface area contributed by atoms with Gasteiger partial charge in [-0.05, 0) is 30.7 Å². The van der Waals surface area contributed by atoms with Crippen LogP contribution in [0.2, 0.25) is 0 Å². The summed E-state index contributed by atoms with van der Waals surface area (Å²) in [5.41, 5.74) is 2.24. The maximum absolute atomic E-state index is 10.7. The third kappa shape index (κ3) is 2.61. The van der Waals surface area contributed by atoms with Crippen molar-refractivity contribution in [2.24, 2.45) is 0 Å². The van der Waals surface area contributed by atoms with Gasteiger partial charge in [-0.3, -0.25) is 4.79 Å². The smallest absolute Gasteiger partial charge is 0.150 e. The first-order valence-corrected chi connectivity index (χ1v) is 6.29. The zero-order chi connectivity index (χ0) is 13.0. The molecule has 2 nitrogen and oxygen atoms in total. The molecule has 3 heteroatoms. The first kappa shape index (κ1) is 12.4. The second kappa shape index (κ2) is 5.52. The summed E-state index contributed by atoms with van der Waals surface area (Å²) >= 11 is 1.55. The molecule has 0 fully saturated rings. The van der Waals surface area contributed by atoms with E-state index in [1.807, 2.05) is 37.3 Å². The summed E-state index contributed by atoms with van der Waals surface area (Å²) in [7, 11) is 0. The van der Waals surface area contributed by atoms with Gasteiger partial charge in [-0.15, -0.1) is 0 Å². The van der Waals surface area contributed by atoms with E-state index < -0.39 is 0 Å². The van der Waals surface area contributed by atoms with E-state index in [0.29, 0.717) is 11.1 Å². The Kier molecular flexibility index (Phi) is 3.81. The number of benzene rings is 2. The van der Waals surface area contributed by atoms with Gasteiger partial charge in [0.15, 0.2) is 0 Å². The second-order valence-electron chi connectivity index (χ2n) is 3.85. The molecule has 2 rings (SSSR count). The highest BCUT2D eigenvalue weighted by Gasteiger charge is 2.06. The Morgan fingerprint density at radius 1 is 1.17 bits per heavy atom. The number of aryl methyl sites for hydroxylation is 1. The molecule has 0 saturated heterocycles. The summed E-state index contributed by atoms with van der Waals surface area (Å²) in [5.74, 6) is 0. The Hall–Kier alpha value is -2.05. The summed E-state index contributed by atoms with van der Waals surface area (Å²) < 4.78 is 0. The normalized spacial score (nSPS) is 9.78. The number of nitriles is 1. The van der Waals surface area contributed by atoms with Crippen molar-refractivity contribution < 1.29 is 4.79 Å². The lowest BCUT2D eigenvalue weighted by Crippen LogP contribution is -1.87. The third-order valence-electron chi connectivity index (χ3n) is 2.57. The van der Waals surface area contributed by atoms with Gasteiger partial charge in [0.1, 0.15) is 12.4 Å². The molecule has 0 aliphatic heterocycles. The van der Waals surface area contributed by atoms with Crippen molar-refractivity contribution in [3.8, 4) is 6.07 Å². The van der Waals surface area contributed by atoms with Crippen LogP contribution in [0.4, 0.5) is 0 Å². The Bertz CT molecular complexity index is 629. The lowest BCUT2D eigenvalue weighted by Gasteiger charge is -2.07. The molecular formula is C15H11NOS. The van der Waals surface area contributed by atoms with Gasteiger partial charge >= 0.3 is 0 Å². The largest absolute Gasteiger partial charge is 0.298 e. The van der Waals surface area contributed by atoms with Crippen molar-refractivity contribution in [1.29, 1.82) is 5.26 Å². The quantitative estimate of drug-likeness (QED) is 0.780. The SMILES string of the molecule is Cc1ccccc1Sc1ccc(C=O)cc1C#N. The van der Waals surface area contributed by atoms with Gasteiger partial charge in [-0.25, -0.2) is 0 Å². The molecule has 88 valence electrons. The first-order valence-electron chi connectivity index (χ1n) is 5.47. The molecule has 2 aromatic carbocycles.